The molecule has 1 aromatic rings. The van der Waals surface area contributed by atoms with Crippen molar-refractivity contribution < 1.29 is 9.87 Å². The van der Waals surface area contributed by atoms with Crippen molar-refractivity contribution >= 4 is 0 Å². The summed E-state index contributed by atoms with van der Waals surface area (Å²) < 4.78 is 0. The van der Waals surface area contributed by atoms with Gasteiger partial charge in [-0.3, -0.25) is 10.1 Å². The molecule has 0 spiro atoms. The highest BCUT2D eigenvalue weighted by molar-refractivity contribution is 5.21. The summed E-state index contributed by atoms with van der Waals surface area (Å²) >= 11 is 0. The summed E-state index contributed by atoms with van der Waals surface area (Å²) in [6.45, 7) is 0. The van der Waals surface area contributed by atoms with Gasteiger partial charge in [0, 0.05) is 5.03 Å². The van der Waals surface area contributed by atoms with Gasteiger partial charge in [0.1, 0.15) is 5.75 Å². The summed E-state index contributed by atoms with van der Waals surface area (Å²) in [6, 6.07) is 8.33. The van der Waals surface area contributed by atoms with Crippen molar-refractivity contribution in [3.8, 4) is 5.75 Å². The van der Waals surface area contributed by atoms with Gasteiger partial charge in [0.15, 0.2) is 0 Å². The van der Waals surface area contributed by atoms with Gasteiger partial charge in [0.2, 0.25) is 0 Å². The highest BCUT2D eigenvalue weighted by atomic mass is 16.8. The molecule has 0 atom stereocenters. The van der Waals surface area contributed by atoms with Crippen LogP contribution in [0.15, 0.2) is 30.3 Å². The van der Waals surface area contributed by atoms with Gasteiger partial charge >= 0.3 is 0 Å². The molecule has 0 fully saturated rings. The summed E-state index contributed by atoms with van der Waals surface area (Å²) in [5.41, 5.74) is 2.62. The second kappa shape index (κ2) is 3.40. The summed E-state index contributed by atoms with van der Waals surface area (Å²) in [5.74, 6) is 0.351. The monoisotopic (exact) mass is 153 g/mol. The smallest absolute Gasteiger partial charge is 0.111 e. The maximum absolute atomic E-state index is 9.69. The van der Waals surface area contributed by atoms with Crippen LogP contribution in [0.2, 0.25) is 0 Å². The zero-order chi connectivity index (χ0) is 8.10. The van der Waals surface area contributed by atoms with Crippen LogP contribution in [0.25, 0.3) is 5.59 Å². The zero-order valence-corrected chi connectivity index (χ0v) is 5.51. The Balaban J connectivity index is 2.45. The van der Waals surface area contributed by atoms with E-state index in [9.17, 15) is 10.1 Å². The number of hydrogen-bond donors (Lipinski definition) is 0. The van der Waals surface area contributed by atoms with Crippen LogP contribution >= 0.6 is 0 Å². The Kier molecular flexibility index (Phi) is 2.27. The quantitative estimate of drug-likeness (QED) is 0.488. The Morgan fingerprint density at radius 3 is 2.55 bits per heavy atom. The van der Waals surface area contributed by atoms with E-state index >= 15 is 0 Å². The lowest BCUT2D eigenvalue weighted by Crippen LogP contribution is -1.95. The van der Waals surface area contributed by atoms with Crippen LogP contribution in [-0.2, 0) is 0 Å². The van der Waals surface area contributed by atoms with Crippen LogP contribution in [0.3, 0.4) is 0 Å². The minimum Gasteiger partial charge on any atom is -0.501 e. The van der Waals surface area contributed by atoms with E-state index in [0.717, 1.165) is 0 Å². The molecule has 0 aromatic heterocycles. The molecule has 0 amide bonds. The van der Waals surface area contributed by atoms with E-state index in [-0.39, 0.29) is 0 Å². The molecule has 0 bridgehead atoms. The van der Waals surface area contributed by atoms with Gasteiger partial charge in [-0.25, -0.2) is 0 Å². The molecule has 0 aliphatic carbocycles. The minimum atomic E-state index is -0.896. The molecule has 0 heterocycles. The van der Waals surface area contributed by atoms with Crippen LogP contribution in [0.1, 0.15) is 0 Å². The molecule has 5 nitrogen and oxygen atoms in total. The predicted octanol–water partition coefficient (Wildman–Crippen LogP) is 1.55. The summed E-state index contributed by atoms with van der Waals surface area (Å²) in [4.78, 5) is 14.1. The van der Waals surface area contributed by atoms with Crippen LogP contribution in [0, 0.1) is 10.1 Å². The molecule has 0 aliphatic rings. The summed E-state index contributed by atoms with van der Waals surface area (Å²) in [6.07, 6.45) is 0. The summed E-state index contributed by atoms with van der Waals surface area (Å²) in [5, 5.41) is 8.79. The zero-order valence-electron chi connectivity index (χ0n) is 5.51. The first-order valence-electron chi connectivity index (χ1n) is 2.86. The van der Waals surface area contributed by atoms with E-state index in [1.54, 1.807) is 30.3 Å². The van der Waals surface area contributed by atoms with E-state index in [0.29, 0.717) is 5.75 Å². The largest absolute Gasteiger partial charge is 0.501 e. The number of benzene rings is 1. The summed E-state index contributed by atoms with van der Waals surface area (Å²) in [7, 11) is 0. The highest BCUT2D eigenvalue weighted by Crippen LogP contribution is 2.10. The van der Waals surface area contributed by atoms with Crippen molar-refractivity contribution in [3.05, 3.63) is 46.0 Å². The number of rotatable bonds is 3. The second-order valence-electron chi connectivity index (χ2n) is 1.72. The lowest BCUT2D eigenvalue weighted by atomic mass is 10.3. The van der Waals surface area contributed by atoms with Crippen LogP contribution < -0.4 is 4.84 Å². The first-order chi connectivity index (χ1) is 5.29. The van der Waals surface area contributed by atoms with Crippen LogP contribution in [0.4, 0.5) is 0 Å². The predicted molar refractivity (Wildman–Crippen MR) is 37.4 cm³/mol. The lowest BCUT2D eigenvalue weighted by molar-refractivity contribution is -0.455. The van der Waals surface area contributed by atoms with Crippen molar-refractivity contribution in [2.24, 2.45) is 0 Å². The molecule has 0 unspecified atom stereocenters. The average Bonchev–Trinajstić information content (AvgIpc) is 2.03. The number of nitro groups is 1. The maximum Gasteiger partial charge on any atom is 0.111 e. The average molecular weight is 153 g/mol. The van der Waals surface area contributed by atoms with Crippen molar-refractivity contribution in [2.75, 3.05) is 0 Å². The molecule has 0 saturated heterocycles. The topological polar surface area (TPSA) is 66.5 Å². The Morgan fingerprint density at radius 2 is 2.00 bits per heavy atom. The molecule has 5 heteroatoms. The fraction of sp³-hybridized carbons (Fsp3) is 0. The molecular weight excluding hydrogens is 148 g/mol. The molecule has 58 valence electrons. The van der Waals surface area contributed by atoms with Gasteiger partial charge in [-0.1, -0.05) is 18.2 Å². The van der Waals surface area contributed by atoms with Gasteiger partial charge in [-0.05, 0) is 12.1 Å². The first kappa shape index (κ1) is 7.33. The first-order valence-corrected chi connectivity index (χ1v) is 2.86. The number of para-hydroxylation sites is 1. The molecule has 0 saturated carbocycles. The van der Waals surface area contributed by atoms with Crippen molar-refractivity contribution in [1.29, 1.82) is 0 Å². The Bertz CT molecular complexity index is 237. The van der Waals surface area contributed by atoms with E-state index in [4.69, 9.17) is 0 Å². The van der Waals surface area contributed by atoms with Crippen molar-refractivity contribution in [1.82, 2.24) is 0 Å². The van der Waals surface area contributed by atoms with Gasteiger partial charge in [-0.2, -0.15) is 5.59 Å². The molecule has 1 aromatic carbocycles. The lowest BCUT2D eigenvalue weighted by Gasteiger charge is -2.10. The molecule has 0 radical (unpaired) electrons. The Hall–Kier alpha value is -1.78. The third-order valence-electron chi connectivity index (χ3n) is 0.956. The third-order valence-corrected chi connectivity index (χ3v) is 0.956. The van der Waals surface area contributed by atoms with E-state index < -0.39 is 5.03 Å². The Morgan fingerprint density at radius 1 is 1.36 bits per heavy atom. The van der Waals surface area contributed by atoms with E-state index in [1.165, 1.54) is 0 Å². The third kappa shape index (κ3) is 2.53. The maximum atomic E-state index is 9.69. The van der Waals surface area contributed by atoms with Gasteiger partial charge in [-0.15, -0.1) is 0 Å². The SMILES string of the molecule is O=[N+]([O-])[N-]Oc1ccccc1. The van der Waals surface area contributed by atoms with E-state index in [2.05, 4.69) is 10.4 Å². The van der Waals surface area contributed by atoms with Crippen LogP contribution in [0.5, 0.6) is 5.75 Å². The van der Waals surface area contributed by atoms with Gasteiger partial charge < -0.3 is 4.84 Å². The minimum absolute atomic E-state index is 0.351. The molecular formula is C6H5N2O3-. The highest BCUT2D eigenvalue weighted by Gasteiger charge is 1.84. The second-order valence-corrected chi connectivity index (χ2v) is 1.72. The van der Waals surface area contributed by atoms with E-state index in [1.807, 2.05) is 0 Å². The fourth-order valence-corrected chi connectivity index (χ4v) is 0.562. The van der Waals surface area contributed by atoms with Crippen molar-refractivity contribution in [2.45, 2.75) is 0 Å². The molecule has 0 aliphatic heterocycles. The molecule has 0 N–H and O–H groups in total. The van der Waals surface area contributed by atoms with Crippen molar-refractivity contribution in [3.63, 3.8) is 0 Å². The number of hydrogen-bond acceptors (Lipinski definition) is 3. The Labute approximate surface area is 62.7 Å². The van der Waals surface area contributed by atoms with Crippen LogP contribution in [-0.4, -0.2) is 5.03 Å². The molecule has 1 rings (SSSR count). The normalized spacial score (nSPS) is 8.73. The number of nitrogens with zero attached hydrogens (tertiary/aromatic N) is 2. The van der Waals surface area contributed by atoms with Gasteiger partial charge in [0.05, 0.1) is 0 Å². The fourth-order valence-electron chi connectivity index (χ4n) is 0.562. The van der Waals surface area contributed by atoms with Gasteiger partial charge in [0.25, 0.3) is 0 Å². The standard InChI is InChI=1S/C6H5N2O3/c9-8(10)7-11-6-4-2-1-3-5-6/h1-5H/q-1. The molecule has 11 heavy (non-hydrogen) atoms.